The molecule has 0 aliphatic carbocycles. The standard InChI is InChI=1S/C18H26N4OS/c1-3-4-9-24-18-19-11-15(12-20-18)13-22-8-6-5-7-17(22)16-10-14(2)23-21-16/h10-12,17H,3-9,13H2,1-2H3/t17-/m0/s1. The van der Waals surface area contributed by atoms with Gasteiger partial charge in [-0.2, -0.15) is 0 Å². The predicted molar refractivity (Wildman–Crippen MR) is 95.9 cm³/mol. The van der Waals surface area contributed by atoms with Gasteiger partial charge in [0.25, 0.3) is 0 Å². The molecule has 1 saturated heterocycles. The van der Waals surface area contributed by atoms with E-state index in [2.05, 4.69) is 33.0 Å². The number of aryl methyl sites for hydroxylation is 1. The van der Waals surface area contributed by atoms with Crippen LogP contribution in [0.25, 0.3) is 0 Å². The third-order valence-corrected chi connectivity index (χ3v) is 5.36. The van der Waals surface area contributed by atoms with Crippen molar-refractivity contribution in [1.29, 1.82) is 0 Å². The molecule has 1 atom stereocenters. The Bertz CT molecular complexity index is 628. The predicted octanol–water partition coefficient (Wildman–Crippen LogP) is 4.39. The highest BCUT2D eigenvalue weighted by molar-refractivity contribution is 7.99. The van der Waals surface area contributed by atoms with E-state index in [1.807, 2.05) is 19.3 Å². The number of aromatic nitrogens is 3. The first-order valence-electron chi connectivity index (χ1n) is 8.87. The first-order valence-corrected chi connectivity index (χ1v) is 9.86. The van der Waals surface area contributed by atoms with Crippen LogP contribution in [-0.2, 0) is 6.54 Å². The van der Waals surface area contributed by atoms with Crippen molar-refractivity contribution >= 4 is 11.8 Å². The maximum atomic E-state index is 5.27. The minimum atomic E-state index is 0.342. The Kier molecular flexibility index (Phi) is 6.26. The molecule has 3 rings (SSSR count). The maximum absolute atomic E-state index is 5.27. The van der Waals surface area contributed by atoms with Gasteiger partial charge in [0.15, 0.2) is 5.16 Å². The molecule has 0 saturated carbocycles. The molecule has 5 nitrogen and oxygen atoms in total. The summed E-state index contributed by atoms with van der Waals surface area (Å²) in [7, 11) is 0. The summed E-state index contributed by atoms with van der Waals surface area (Å²) in [5, 5.41) is 5.12. The number of hydrogen-bond acceptors (Lipinski definition) is 6. The zero-order valence-electron chi connectivity index (χ0n) is 14.6. The number of thioether (sulfide) groups is 1. The second kappa shape index (κ2) is 8.62. The van der Waals surface area contributed by atoms with E-state index in [1.54, 1.807) is 11.8 Å². The van der Waals surface area contributed by atoms with Gasteiger partial charge in [-0.1, -0.05) is 36.7 Å². The molecule has 0 unspecified atom stereocenters. The summed E-state index contributed by atoms with van der Waals surface area (Å²) in [6, 6.07) is 2.40. The lowest BCUT2D eigenvalue weighted by Crippen LogP contribution is -2.33. The maximum Gasteiger partial charge on any atom is 0.187 e. The fourth-order valence-corrected chi connectivity index (χ4v) is 3.97. The molecule has 2 aromatic rings. The molecule has 1 fully saturated rings. The normalized spacial score (nSPS) is 18.8. The highest BCUT2D eigenvalue weighted by Gasteiger charge is 2.26. The Morgan fingerprint density at radius 3 is 2.83 bits per heavy atom. The summed E-state index contributed by atoms with van der Waals surface area (Å²) in [4.78, 5) is 11.5. The molecule has 2 aromatic heterocycles. The van der Waals surface area contributed by atoms with Gasteiger partial charge in [0.1, 0.15) is 11.5 Å². The van der Waals surface area contributed by atoms with Crippen LogP contribution in [0.15, 0.2) is 28.1 Å². The van der Waals surface area contributed by atoms with Gasteiger partial charge in [0.2, 0.25) is 0 Å². The number of nitrogens with zero attached hydrogens (tertiary/aromatic N) is 4. The van der Waals surface area contributed by atoms with Crippen molar-refractivity contribution in [2.75, 3.05) is 12.3 Å². The largest absolute Gasteiger partial charge is 0.361 e. The molecular formula is C18H26N4OS. The fraction of sp³-hybridized carbons (Fsp3) is 0.611. The molecule has 0 aromatic carbocycles. The minimum absolute atomic E-state index is 0.342. The minimum Gasteiger partial charge on any atom is -0.361 e. The van der Waals surface area contributed by atoms with Crippen LogP contribution in [-0.4, -0.2) is 32.3 Å². The van der Waals surface area contributed by atoms with Gasteiger partial charge in [-0.15, -0.1) is 0 Å². The average molecular weight is 346 g/mol. The number of rotatable bonds is 7. The summed E-state index contributed by atoms with van der Waals surface area (Å²) >= 11 is 1.74. The highest BCUT2D eigenvalue weighted by Crippen LogP contribution is 2.31. The molecule has 0 bridgehead atoms. The zero-order valence-corrected chi connectivity index (χ0v) is 15.4. The van der Waals surface area contributed by atoms with Crippen LogP contribution in [0, 0.1) is 6.92 Å². The summed E-state index contributed by atoms with van der Waals surface area (Å²) in [6.07, 6.45) is 9.99. The van der Waals surface area contributed by atoms with Crippen molar-refractivity contribution in [3.8, 4) is 0 Å². The second-order valence-electron chi connectivity index (χ2n) is 6.42. The quantitative estimate of drug-likeness (QED) is 0.421. The number of hydrogen-bond donors (Lipinski definition) is 0. The number of likely N-dealkylation sites (tertiary alicyclic amines) is 1. The van der Waals surface area contributed by atoms with Crippen molar-refractivity contribution in [1.82, 2.24) is 20.0 Å². The SMILES string of the molecule is CCCCSc1ncc(CN2CCCC[C@H]2c2cc(C)on2)cn1. The summed E-state index contributed by atoms with van der Waals surface area (Å²) < 4.78 is 5.27. The van der Waals surface area contributed by atoms with E-state index in [9.17, 15) is 0 Å². The molecular weight excluding hydrogens is 320 g/mol. The Hall–Kier alpha value is -1.40. The van der Waals surface area contributed by atoms with Gasteiger partial charge in [-0.05, 0) is 32.7 Å². The van der Waals surface area contributed by atoms with Crippen LogP contribution >= 0.6 is 11.8 Å². The first-order chi connectivity index (χ1) is 11.8. The van der Waals surface area contributed by atoms with E-state index >= 15 is 0 Å². The second-order valence-corrected chi connectivity index (χ2v) is 7.48. The van der Waals surface area contributed by atoms with Crippen LogP contribution in [0.3, 0.4) is 0 Å². The molecule has 1 aliphatic rings. The molecule has 0 N–H and O–H groups in total. The highest BCUT2D eigenvalue weighted by atomic mass is 32.2. The van der Waals surface area contributed by atoms with Crippen molar-refractivity contribution < 1.29 is 4.52 Å². The molecule has 0 radical (unpaired) electrons. The average Bonchev–Trinajstić information content (AvgIpc) is 3.03. The van der Waals surface area contributed by atoms with Gasteiger partial charge in [0, 0.05) is 36.3 Å². The Morgan fingerprint density at radius 1 is 1.29 bits per heavy atom. The molecule has 24 heavy (non-hydrogen) atoms. The lowest BCUT2D eigenvalue weighted by molar-refractivity contribution is 0.133. The van der Waals surface area contributed by atoms with Crippen molar-refractivity contribution in [2.45, 2.75) is 63.7 Å². The van der Waals surface area contributed by atoms with Crippen molar-refractivity contribution in [3.05, 3.63) is 35.5 Å². The van der Waals surface area contributed by atoms with E-state index in [0.29, 0.717) is 6.04 Å². The van der Waals surface area contributed by atoms with E-state index in [0.717, 1.165) is 41.9 Å². The fourth-order valence-electron chi connectivity index (χ4n) is 3.10. The smallest absolute Gasteiger partial charge is 0.187 e. The van der Waals surface area contributed by atoms with Gasteiger partial charge >= 0.3 is 0 Å². The third-order valence-electron chi connectivity index (χ3n) is 4.40. The first kappa shape index (κ1) is 17.4. The monoisotopic (exact) mass is 346 g/mol. The number of piperidine rings is 1. The number of unbranched alkanes of at least 4 members (excludes halogenated alkanes) is 1. The zero-order chi connectivity index (χ0) is 16.8. The van der Waals surface area contributed by atoms with E-state index in [1.165, 1.54) is 31.2 Å². The topological polar surface area (TPSA) is 55.1 Å². The summed E-state index contributed by atoms with van der Waals surface area (Å²) in [6.45, 7) is 6.11. The molecule has 0 spiro atoms. The molecule has 0 amide bonds. The lowest BCUT2D eigenvalue weighted by atomic mass is 9.98. The molecule has 1 aliphatic heterocycles. The van der Waals surface area contributed by atoms with Gasteiger partial charge in [0.05, 0.1) is 6.04 Å². The van der Waals surface area contributed by atoms with Gasteiger partial charge in [-0.25, -0.2) is 9.97 Å². The molecule has 3 heterocycles. The summed E-state index contributed by atoms with van der Waals surface area (Å²) in [5.74, 6) is 1.97. The van der Waals surface area contributed by atoms with Crippen LogP contribution in [0.2, 0.25) is 0 Å². The Morgan fingerprint density at radius 2 is 2.12 bits per heavy atom. The van der Waals surface area contributed by atoms with E-state index < -0.39 is 0 Å². The van der Waals surface area contributed by atoms with Crippen molar-refractivity contribution in [3.63, 3.8) is 0 Å². The molecule has 130 valence electrons. The van der Waals surface area contributed by atoms with Gasteiger partial charge in [-0.3, -0.25) is 4.90 Å². The van der Waals surface area contributed by atoms with Gasteiger partial charge < -0.3 is 4.52 Å². The molecule has 6 heteroatoms. The van der Waals surface area contributed by atoms with Crippen LogP contribution < -0.4 is 0 Å². The van der Waals surface area contributed by atoms with Crippen molar-refractivity contribution in [2.24, 2.45) is 0 Å². The summed E-state index contributed by atoms with van der Waals surface area (Å²) in [5.41, 5.74) is 2.22. The lowest BCUT2D eigenvalue weighted by Gasteiger charge is -2.34. The third kappa shape index (κ3) is 4.57. The van der Waals surface area contributed by atoms with Crippen LogP contribution in [0.4, 0.5) is 0 Å². The van der Waals surface area contributed by atoms with Crippen LogP contribution in [0.1, 0.15) is 62.1 Å². The van der Waals surface area contributed by atoms with Crippen LogP contribution in [0.5, 0.6) is 0 Å². The van der Waals surface area contributed by atoms with E-state index in [-0.39, 0.29) is 0 Å². The Labute approximate surface area is 148 Å². The Balaban J connectivity index is 1.62. The van der Waals surface area contributed by atoms with E-state index in [4.69, 9.17) is 4.52 Å².